The van der Waals surface area contributed by atoms with E-state index >= 15 is 0 Å². The highest BCUT2D eigenvalue weighted by atomic mass is 16.5. The van der Waals surface area contributed by atoms with Crippen molar-refractivity contribution in [2.24, 2.45) is 17.6 Å². The molecule has 7 N–H and O–H groups in total. The van der Waals surface area contributed by atoms with Crippen molar-refractivity contribution in [3.05, 3.63) is 34.1 Å². The molecule has 33 heavy (non-hydrogen) atoms. The van der Waals surface area contributed by atoms with E-state index in [1.165, 1.54) is 32.2 Å². The lowest BCUT2D eigenvalue weighted by molar-refractivity contribution is -0.153. The van der Waals surface area contributed by atoms with E-state index in [4.69, 9.17) is 10.5 Å². The number of ketones is 2. The van der Waals surface area contributed by atoms with Gasteiger partial charge in [0.2, 0.25) is 5.78 Å². The molecule has 0 spiro atoms. The normalized spacial score (nSPS) is 29.1. The molecule has 0 aliphatic heterocycles. The van der Waals surface area contributed by atoms with E-state index < -0.39 is 69.5 Å². The van der Waals surface area contributed by atoms with Gasteiger partial charge in [0.25, 0.3) is 5.91 Å². The Labute approximate surface area is 188 Å². The molecule has 176 valence electrons. The summed E-state index contributed by atoms with van der Waals surface area (Å²) in [6.07, 6.45) is 0.0438. The molecule has 4 rings (SSSR count). The van der Waals surface area contributed by atoms with Gasteiger partial charge in [-0.2, -0.15) is 0 Å². The quantitative estimate of drug-likeness (QED) is 0.257. The summed E-state index contributed by atoms with van der Waals surface area (Å²) in [4.78, 5) is 40.0. The molecule has 11 nitrogen and oxygen atoms in total. The number of nitrogens with zero attached hydrogens (tertiary/aromatic N) is 1. The van der Waals surface area contributed by atoms with Crippen LogP contribution in [-0.4, -0.2) is 80.8 Å². The fraction of sp³-hybridized carbons (Fsp3) is 0.409. The molecule has 11 heteroatoms. The van der Waals surface area contributed by atoms with Crippen LogP contribution in [0, 0.1) is 11.8 Å². The lowest BCUT2D eigenvalue weighted by Crippen LogP contribution is -2.65. The second-order valence-corrected chi connectivity index (χ2v) is 8.76. The van der Waals surface area contributed by atoms with E-state index in [9.17, 15) is 39.9 Å². The van der Waals surface area contributed by atoms with Gasteiger partial charge in [-0.3, -0.25) is 19.3 Å². The largest absolute Gasteiger partial charge is 0.508 e. The molecule has 0 aromatic heterocycles. The maximum atomic E-state index is 13.6. The standard InChI is InChI=1S/C22H24N2O9/c1-24(2)15-9-5-7-4-8-11(33-3)6-10(25)16(26)13(8)17(27)12(7)19(29)22(9,32)20(30)14(18(15)28)21(23)31/h6-7,9,15,25-27,30,32H,4-5H2,1-3H3,(H2,23,31)/t7-,9-,15-,22-/m0/s1. The van der Waals surface area contributed by atoms with Crippen molar-refractivity contribution >= 4 is 23.2 Å². The topological polar surface area (TPSA) is 191 Å². The van der Waals surface area contributed by atoms with Crippen LogP contribution in [0.25, 0.3) is 5.76 Å². The Bertz CT molecular complexity index is 1180. The molecule has 0 unspecified atom stereocenters. The van der Waals surface area contributed by atoms with E-state index in [-0.39, 0.29) is 29.7 Å². The Morgan fingerprint density at radius 1 is 1.21 bits per heavy atom. The number of nitrogens with two attached hydrogens (primary N) is 1. The molecule has 4 atom stereocenters. The molecule has 0 bridgehead atoms. The van der Waals surface area contributed by atoms with E-state index in [0.29, 0.717) is 5.56 Å². The number of aliphatic hydroxyl groups is 3. The van der Waals surface area contributed by atoms with E-state index in [0.717, 1.165) is 0 Å². The first-order chi connectivity index (χ1) is 15.4. The molecule has 1 aromatic carbocycles. The molecule has 0 heterocycles. The zero-order valence-corrected chi connectivity index (χ0v) is 18.1. The van der Waals surface area contributed by atoms with Crippen molar-refractivity contribution in [1.29, 1.82) is 0 Å². The van der Waals surface area contributed by atoms with E-state index in [1.807, 2.05) is 0 Å². The second kappa shape index (κ2) is 7.22. The molecule has 3 aliphatic carbocycles. The van der Waals surface area contributed by atoms with Crippen LogP contribution >= 0.6 is 0 Å². The summed E-state index contributed by atoms with van der Waals surface area (Å²) in [5.74, 6) is -8.07. The fourth-order valence-corrected chi connectivity index (χ4v) is 5.45. The number of likely N-dealkylation sites (N-methyl/N-ethyl adjacent to an activating group) is 1. The number of carbonyl (C=O) groups excluding carboxylic acids is 3. The summed E-state index contributed by atoms with van der Waals surface area (Å²) >= 11 is 0. The molecule has 1 fully saturated rings. The first kappa shape index (κ1) is 22.6. The van der Waals surface area contributed by atoms with Gasteiger partial charge >= 0.3 is 0 Å². The summed E-state index contributed by atoms with van der Waals surface area (Å²) < 4.78 is 5.26. The summed E-state index contributed by atoms with van der Waals surface area (Å²) in [7, 11) is 4.39. The minimum atomic E-state index is -2.71. The fourth-order valence-electron chi connectivity index (χ4n) is 5.45. The molecule has 0 saturated heterocycles. The number of aromatic hydroxyl groups is 2. The smallest absolute Gasteiger partial charge is 0.255 e. The summed E-state index contributed by atoms with van der Waals surface area (Å²) in [5.41, 5.74) is 1.49. The van der Waals surface area contributed by atoms with Crippen LogP contribution in [0.2, 0.25) is 0 Å². The number of methoxy groups -OCH3 is 1. The molecular formula is C22H24N2O9. The number of hydrogen-bond acceptors (Lipinski definition) is 10. The van der Waals surface area contributed by atoms with Crippen LogP contribution in [0.1, 0.15) is 17.5 Å². The van der Waals surface area contributed by atoms with E-state index in [2.05, 4.69) is 0 Å². The van der Waals surface area contributed by atoms with Crippen LogP contribution in [0.3, 0.4) is 0 Å². The first-order valence-corrected chi connectivity index (χ1v) is 10.1. The molecule has 1 amide bonds. The van der Waals surface area contributed by atoms with Gasteiger partial charge < -0.3 is 36.0 Å². The Morgan fingerprint density at radius 2 is 1.85 bits per heavy atom. The summed E-state index contributed by atoms with van der Waals surface area (Å²) in [6.45, 7) is 0. The number of phenolic OH excluding ortho intramolecular Hbond substituents is 2. The monoisotopic (exact) mass is 460 g/mol. The third-order valence-corrected chi connectivity index (χ3v) is 6.88. The Kier molecular flexibility index (Phi) is 4.95. The van der Waals surface area contributed by atoms with Crippen molar-refractivity contribution < 1.29 is 44.7 Å². The predicted molar refractivity (Wildman–Crippen MR) is 112 cm³/mol. The van der Waals surface area contributed by atoms with Crippen molar-refractivity contribution in [3.8, 4) is 17.2 Å². The van der Waals surface area contributed by atoms with Gasteiger partial charge in [0, 0.05) is 23.1 Å². The van der Waals surface area contributed by atoms with E-state index in [1.54, 1.807) is 0 Å². The SMILES string of the molecule is COc1cc(O)c(O)c2c1C[C@H]1C[C@H]3[C@H](N(C)C)C(=O)C(C(N)=O)=C(O)[C@@]3(O)C(=O)C1=C2O. The Balaban J connectivity index is 2.00. The molecule has 0 radical (unpaired) electrons. The predicted octanol–water partition coefficient (Wildman–Crippen LogP) is -0.322. The number of aliphatic hydroxyl groups excluding tert-OH is 2. The van der Waals surface area contributed by atoms with Gasteiger partial charge in [0.05, 0.1) is 18.7 Å². The van der Waals surface area contributed by atoms with Crippen LogP contribution < -0.4 is 10.5 Å². The van der Waals surface area contributed by atoms with Crippen molar-refractivity contribution in [2.75, 3.05) is 21.2 Å². The minimum absolute atomic E-state index is 0.0312. The number of phenols is 2. The number of primary amides is 1. The van der Waals surface area contributed by atoms with Gasteiger partial charge in [0.1, 0.15) is 22.8 Å². The lowest BCUT2D eigenvalue weighted by Gasteiger charge is -2.50. The van der Waals surface area contributed by atoms with Crippen molar-refractivity contribution in [1.82, 2.24) is 4.90 Å². The molecule has 3 aliphatic rings. The summed E-state index contributed by atoms with van der Waals surface area (Å²) in [5, 5.41) is 53.6. The maximum Gasteiger partial charge on any atom is 0.255 e. The van der Waals surface area contributed by atoms with Gasteiger partial charge in [-0.05, 0) is 32.9 Å². The Morgan fingerprint density at radius 3 is 2.39 bits per heavy atom. The molecular weight excluding hydrogens is 436 g/mol. The zero-order valence-electron chi connectivity index (χ0n) is 18.1. The highest BCUT2D eigenvalue weighted by molar-refractivity contribution is 6.24. The highest BCUT2D eigenvalue weighted by Gasteiger charge is 2.64. The minimum Gasteiger partial charge on any atom is -0.508 e. The van der Waals surface area contributed by atoms with Crippen molar-refractivity contribution in [2.45, 2.75) is 24.5 Å². The number of carbonyl (C=O) groups is 3. The number of ether oxygens (including phenoxy) is 1. The van der Waals surface area contributed by atoms with Crippen LogP contribution in [0.15, 0.2) is 23.0 Å². The first-order valence-electron chi connectivity index (χ1n) is 10.1. The summed E-state index contributed by atoms with van der Waals surface area (Å²) in [6, 6.07) is 0.0195. The second-order valence-electron chi connectivity index (χ2n) is 8.76. The van der Waals surface area contributed by atoms with Gasteiger partial charge in [-0.15, -0.1) is 0 Å². The lowest BCUT2D eigenvalue weighted by atomic mass is 9.57. The average molecular weight is 460 g/mol. The number of Topliss-reactive ketones (excluding diaryl/α,β-unsaturated/α-hetero) is 2. The van der Waals surface area contributed by atoms with Gasteiger partial charge in [0.15, 0.2) is 22.9 Å². The van der Waals surface area contributed by atoms with Crippen LogP contribution in [0.4, 0.5) is 0 Å². The highest BCUT2D eigenvalue weighted by Crippen LogP contribution is 2.54. The number of hydrogen-bond donors (Lipinski definition) is 6. The van der Waals surface area contributed by atoms with Gasteiger partial charge in [-0.25, -0.2) is 0 Å². The van der Waals surface area contributed by atoms with Crippen LogP contribution in [-0.2, 0) is 20.8 Å². The number of amides is 1. The third-order valence-electron chi connectivity index (χ3n) is 6.88. The molecule has 1 aromatic rings. The number of fused-ring (bicyclic) bond motifs is 3. The third kappa shape index (κ3) is 2.79. The van der Waals surface area contributed by atoms with Crippen molar-refractivity contribution in [3.63, 3.8) is 0 Å². The molecule has 1 saturated carbocycles. The maximum absolute atomic E-state index is 13.6. The zero-order chi connectivity index (χ0) is 24.6. The van der Waals surface area contributed by atoms with Crippen LogP contribution in [0.5, 0.6) is 17.2 Å². The van der Waals surface area contributed by atoms with Gasteiger partial charge in [-0.1, -0.05) is 0 Å². The number of rotatable bonds is 3. The Hall–Kier alpha value is -3.57. The average Bonchev–Trinajstić information content (AvgIpc) is 2.72. The number of benzene rings is 1.